The number of nitrogens with one attached hydrogen (secondary N) is 4. The first kappa shape index (κ1) is 46.4. The second-order valence-corrected chi connectivity index (χ2v) is 18.7. The Balaban J connectivity index is 0.661. The number of allylic oxidation sites excluding steroid dienone is 5. The maximum absolute atomic E-state index is 15.3. The van der Waals surface area contributed by atoms with Gasteiger partial charge in [0.2, 0.25) is 17.8 Å². The summed E-state index contributed by atoms with van der Waals surface area (Å²) in [5.74, 6) is -0.151. The highest BCUT2D eigenvalue weighted by Gasteiger charge is 2.38. The molecule has 0 spiro atoms. The van der Waals surface area contributed by atoms with Gasteiger partial charge in [0.05, 0.1) is 24.1 Å². The van der Waals surface area contributed by atoms with Crippen LogP contribution in [0.1, 0.15) is 103 Å². The van der Waals surface area contributed by atoms with E-state index in [-0.39, 0.29) is 23.5 Å². The number of unbranched alkanes of at least 4 members (excludes halogenated alkanes) is 4. The van der Waals surface area contributed by atoms with Gasteiger partial charge < -0.3 is 26.2 Å². The Morgan fingerprint density at radius 1 is 0.926 bits per heavy atom. The van der Waals surface area contributed by atoms with Crippen LogP contribution in [0.15, 0.2) is 113 Å². The Morgan fingerprint density at radius 2 is 1.72 bits per heavy atom. The summed E-state index contributed by atoms with van der Waals surface area (Å²) in [7, 11) is 2.72. The zero-order valence-corrected chi connectivity index (χ0v) is 39.6. The van der Waals surface area contributed by atoms with Crippen molar-refractivity contribution < 1.29 is 18.8 Å². The number of fused-ring (bicyclic) bond motifs is 4. The summed E-state index contributed by atoms with van der Waals surface area (Å²) in [4.78, 5) is 54.3. The normalized spacial score (nSPS) is 16.7. The quantitative estimate of drug-likeness (QED) is 0.0494. The molecule has 68 heavy (non-hydrogen) atoms. The number of carbonyl (C=O) groups is 3. The van der Waals surface area contributed by atoms with Crippen LogP contribution in [0.4, 0.5) is 21.7 Å². The Hall–Kier alpha value is -6.70. The van der Waals surface area contributed by atoms with Gasteiger partial charge in [0.25, 0.3) is 5.91 Å². The molecular formula is C52H57FN11O3P. The third kappa shape index (κ3) is 10.7. The van der Waals surface area contributed by atoms with Crippen LogP contribution < -0.4 is 21.3 Å². The van der Waals surface area contributed by atoms with Crippen molar-refractivity contribution >= 4 is 50.0 Å². The van der Waals surface area contributed by atoms with Gasteiger partial charge in [-0.1, -0.05) is 60.9 Å². The molecule has 1 saturated heterocycles. The Morgan fingerprint density at radius 3 is 2.56 bits per heavy atom. The maximum Gasteiger partial charge on any atom is 0.255 e. The van der Waals surface area contributed by atoms with Gasteiger partial charge in [-0.3, -0.25) is 24.1 Å². The number of aryl methyl sites for hydroxylation is 2. The fraction of sp³-hybridized carbons (Fsp3) is 0.346. The van der Waals surface area contributed by atoms with Crippen LogP contribution in [0.3, 0.4) is 0 Å². The monoisotopic (exact) mass is 933 g/mol. The van der Waals surface area contributed by atoms with Gasteiger partial charge in [-0.15, -0.1) is 14.3 Å². The second-order valence-electron chi connectivity index (χ2n) is 18.0. The van der Waals surface area contributed by atoms with Gasteiger partial charge in [-0.25, -0.2) is 14.4 Å². The van der Waals surface area contributed by atoms with Crippen molar-refractivity contribution in [3.63, 3.8) is 0 Å². The second kappa shape index (κ2) is 21.1. The van der Waals surface area contributed by atoms with E-state index >= 15 is 4.39 Å². The molecule has 3 aliphatic heterocycles. The minimum atomic E-state index is -0.507. The van der Waals surface area contributed by atoms with E-state index in [0.29, 0.717) is 73.0 Å². The van der Waals surface area contributed by atoms with E-state index in [9.17, 15) is 14.4 Å². The van der Waals surface area contributed by atoms with Crippen molar-refractivity contribution in [2.75, 3.05) is 23.7 Å². The van der Waals surface area contributed by atoms with E-state index in [1.807, 2.05) is 60.3 Å². The number of benzene rings is 3. The molecule has 5 heterocycles. The van der Waals surface area contributed by atoms with E-state index < -0.39 is 6.04 Å². The number of anilines is 3. The number of carbonyl (C=O) groups excluding carboxylic acids is 3. The van der Waals surface area contributed by atoms with E-state index in [4.69, 9.17) is 9.98 Å². The zero-order chi connectivity index (χ0) is 47.1. The molecule has 9 rings (SSSR count). The van der Waals surface area contributed by atoms with Crippen LogP contribution in [-0.2, 0) is 29.2 Å². The first-order chi connectivity index (χ1) is 33.1. The number of nitrogens with zero attached hydrogens (tertiary/aromatic N) is 7. The largest absolute Gasteiger partial charge is 0.329 e. The number of hydrogen-bond acceptors (Lipinski definition) is 10. The zero-order valence-electron chi connectivity index (χ0n) is 38.4. The highest BCUT2D eigenvalue weighted by molar-refractivity contribution is 7.22. The lowest BCUT2D eigenvalue weighted by atomic mass is 9.91. The first-order valence-electron chi connectivity index (χ1n) is 23.7. The predicted molar refractivity (Wildman–Crippen MR) is 267 cm³/mol. The molecule has 16 heteroatoms. The number of aromatic nitrogens is 5. The van der Waals surface area contributed by atoms with Crippen molar-refractivity contribution in [2.24, 2.45) is 4.99 Å². The summed E-state index contributed by atoms with van der Waals surface area (Å²) < 4.78 is 17.1. The Kier molecular flexibility index (Phi) is 14.4. The summed E-state index contributed by atoms with van der Waals surface area (Å²) in [6, 6.07) is 19.0. The summed E-state index contributed by atoms with van der Waals surface area (Å²) in [5, 5.41) is 22.3. The summed E-state index contributed by atoms with van der Waals surface area (Å²) in [6.45, 7) is 9.14. The van der Waals surface area contributed by atoms with Crippen molar-refractivity contribution in [1.82, 2.24) is 40.5 Å². The van der Waals surface area contributed by atoms with Crippen LogP contribution in [0.2, 0.25) is 0 Å². The number of halogens is 1. The highest BCUT2D eigenvalue weighted by atomic mass is 31.0. The molecule has 2 aromatic heterocycles. The molecule has 0 radical (unpaired) electrons. The molecule has 4 aliphatic rings. The first-order valence-corrected chi connectivity index (χ1v) is 24.2. The third-order valence-corrected chi connectivity index (χ3v) is 13.5. The number of aliphatic imine (C=N–C) groups is 1. The lowest BCUT2D eigenvalue weighted by Gasteiger charge is -2.30. The molecule has 1 fully saturated rings. The fourth-order valence-electron chi connectivity index (χ4n) is 9.25. The Labute approximate surface area is 398 Å². The molecular weight excluding hydrogens is 877 g/mol. The maximum atomic E-state index is 15.3. The summed E-state index contributed by atoms with van der Waals surface area (Å²) in [5.41, 5.74) is 11.0. The van der Waals surface area contributed by atoms with Crippen LogP contribution in [0.5, 0.6) is 0 Å². The van der Waals surface area contributed by atoms with Gasteiger partial charge in [0.15, 0.2) is 0 Å². The highest BCUT2D eigenvalue weighted by Crippen LogP contribution is 2.39. The predicted octanol–water partition coefficient (Wildman–Crippen LogP) is 9.24. The SMILES string of the molecule is C=C1CCC(N2Cc3cc(NC(=O)CCCCCCCNCCCn4cc(-c5ccc(Nc6ncc7c(n6)-c6ccc(C)cc6C(C6=C(P)CCC=C6F)=NC7)cc5)nn4)ccc3C2=O)C(=O)N1. The number of hydrogen-bond donors (Lipinski definition) is 4. The van der Waals surface area contributed by atoms with Crippen LogP contribution >= 0.6 is 9.24 Å². The minimum Gasteiger partial charge on any atom is -0.329 e. The van der Waals surface area contributed by atoms with Gasteiger partial charge in [-0.2, -0.15) is 0 Å². The molecule has 1 aliphatic carbocycles. The fourth-order valence-corrected chi connectivity index (χ4v) is 9.69. The molecule has 3 aromatic carbocycles. The molecule has 14 nitrogen and oxygen atoms in total. The number of rotatable bonds is 18. The lowest BCUT2D eigenvalue weighted by molar-refractivity contribution is -0.126. The van der Waals surface area contributed by atoms with Crippen LogP contribution in [0, 0.1) is 6.92 Å². The number of piperidine rings is 1. The molecule has 3 amide bonds. The van der Waals surface area contributed by atoms with Gasteiger partial charge in [0, 0.05) is 76.2 Å². The van der Waals surface area contributed by atoms with E-state index in [2.05, 4.69) is 58.4 Å². The molecule has 0 bridgehead atoms. The molecule has 5 aromatic rings. The van der Waals surface area contributed by atoms with Gasteiger partial charge >= 0.3 is 0 Å². The van der Waals surface area contributed by atoms with E-state index in [1.165, 1.54) is 0 Å². The van der Waals surface area contributed by atoms with Crippen LogP contribution in [0.25, 0.3) is 22.5 Å². The third-order valence-electron chi connectivity index (χ3n) is 12.9. The van der Waals surface area contributed by atoms with Gasteiger partial charge in [-0.05, 0) is 118 Å². The van der Waals surface area contributed by atoms with Crippen molar-refractivity contribution in [3.05, 3.63) is 136 Å². The minimum absolute atomic E-state index is 0.0367. The molecule has 350 valence electrons. The van der Waals surface area contributed by atoms with Gasteiger partial charge in [0.1, 0.15) is 17.6 Å². The summed E-state index contributed by atoms with van der Waals surface area (Å²) in [6.07, 6.45) is 14.5. The smallest absolute Gasteiger partial charge is 0.255 e. The van der Waals surface area contributed by atoms with E-state index in [1.54, 1.807) is 29.3 Å². The van der Waals surface area contributed by atoms with Crippen molar-refractivity contribution in [1.29, 1.82) is 0 Å². The Bertz CT molecular complexity index is 2850. The average molecular weight is 934 g/mol. The number of amides is 3. The summed E-state index contributed by atoms with van der Waals surface area (Å²) >= 11 is 0. The van der Waals surface area contributed by atoms with E-state index in [0.717, 1.165) is 120 Å². The molecule has 2 unspecified atom stereocenters. The average Bonchev–Trinajstić information content (AvgIpc) is 3.89. The van der Waals surface area contributed by atoms with Crippen LogP contribution in [-0.4, -0.2) is 72.4 Å². The van der Waals surface area contributed by atoms with Crippen molar-refractivity contribution in [2.45, 2.75) is 103 Å². The standard InChI is InChI=1S/C52H57FN11O3P/c1-32-13-20-40-41(26-32)49(47-42(53)10-8-11-45(47)68)55-28-36-29-56-52(60-48(36)40)59-37-17-15-34(16-18-37)43-31-63(62-61-43)25-9-24-54-23-7-5-3-4-6-12-46(65)58-38-19-21-39-35(27-38)30-64(51(39)67)44-22-14-33(2)57-50(44)66/h10,13,15-21,26-27,29,31,44,54H,2-9,11-12,14,22-25,28,30,68H2,1H3,(H,57,66)(H,58,65)(H,56,59,60). The lowest BCUT2D eigenvalue weighted by Crippen LogP contribution is -2.49. The topological polar surface area (TPSA) is 171 Å². The molecule has 2 atom stereocenters. The van der Waals surface area contributed by atoms with Crippen molar-refractivity contribution in [3.8, 4) is 22.5 Å². The molecule has 4 N–H and O–H groups in total. The molecule has 0 saturated carbocycles.